The lowest BCUT2D eigenvalue weighted by Gasteiger charge is -2.34. The van der Waals surface area contributed by atoms with Crippen molar-refractivity contribution in [2.45, 2.75) is 50.2 Å². The van der Waals surface area contributed by atoms with Crippen molar-refractivity contribution in [3.8, 4) is 11.5 Å². The van der Waals surface area contributed by atoms with Gasteiger partial charge in [-0.1, -0.05) is 61.5 Å². The molecule has 1 N–H and O–H groups in total. The summed E-state index contributed by atoms with van der Waals surface area (Å²) in [6, 6.07) is 26.0. The highest BCUT2D eigenvalue weighted by Gasteiger charge is 2.35. The first kappa shape index (κ1) is 35.0. The highest BCUT2D eigenvalue weighted by Crippen LogP contribution is 2.33. The van der Waals surface area contributed by atoms with Crippen LogP contribution in [0.4, 0.5) is 10.1 Å². The third-order valence-electron chi connectivity index (χ3n) is 7.82. The maximum Gasteiger partial charge on any atom is 0.264 e. The van der Waals surface area contributed by atoms with Crippen LogP contribution in [-0.2, 0) is 32.6 Å². The van der Waals surface area contributed by atoms with E-state index < -0.39 is 34.3 Å². The van der Waals surface area contributed by atoms with Crippen LogP contribution in [0.25, 0.3) is 0 Å². The van der Waals surface area contributed by atoms with Crippen LogP contribution in [0.1, 0.15) is 31.4 Å². The lowest BCUT2D eigenvalue weighted by atomic mass is 10.0. The van der Waals surface area contributed by atoms with Crippen molar-refractivity contribution < 1.29 is 31.9 Å². The van der Waals surface area contributed by atoms with Gasteiger partial charge in [-0.3, -0.25) is 13.9 Å². The molecule has 0 unspecified atom stereocenters. The number of sulfonamides is 1. The topological polar surface area (TPSA) is 105 Å². The molecule has 4 rings (SSSR count). The zero-order chi connectivity index (χ0) is 34.0. The lowest BCUT2D eigenvalue weighted by molar-refractivity contribution is -0.140. The number of amides is 2. The molecular weight excluding hydrogens is 621 g/mol. The molecule has 0 radical (unpaired) electrons. The molecule has 248 valence electrons. The number of hydrogen-bond acceptors (Lipinski definition) is 6. The van der Waals surface area contributed by atoms with E-state index >= 15 is 0 Å². The smallest absolute Gasteiger partial charge is 0.264 e. The van der Waals surface area contributed by atoms with Crippen molar-refractivity contribution in [1.29, 1.82) is 0 Å². The Labute approximate surface area is 276 Å². The minimum atomic E-state index is -4.35. The van der Waals surface area contributed by atoms with Crippen LogP contribution in [0.2, 0.25) is 0 Å². The predicted octanol–water partition coefficient (Wildman–Crippen LogP) is 5.59. The van der Waals surface area contributed by atoms with Gasteiger partial charge in [-0.05, 0) is 73.0 Å². The second-order valence-electron chi connectivity index (χ2n) is 11.0. The summed E-state index contributed by atoms with van der Waals surface area (Å²) in [5.74, 6) is -0.781. The first-order chi connectivity index (χ1) is 22.6. The van der Waals surface area contributed by atoms with E-state index in [0.29, 0.717) is 17.7 Å². The Bertz CT molecular complexity index is 1740. The van der Waals surface area contributed by atoms with E-state index in [1.807, 2.05) is 44.2 Å². The van der Waals surface area contributed by atoms with Crippen molar-refractivity contribution in [3.63, 3.8) is 0 Å². The van der Waals surface area contributed by atoms with Gasteiger partial charge < -0.3 is 19.7 Å². The summed E-state index contributed by atoms with van der Waals surface area (Å²) < 4.78 is 54.1. The molecule has 4 aromatic rings. The average Bonchev–Trinajstić information content (AvgIpc) is 3.09. The maximum absolute atomic E-state index is 14.6. The highest BCUT2D eigenvalue weighted by molar-refractivity contribution is 7.92. The molecule has 2 atom stereocenters. The molecule has 2 amide bonds. The van der Waals surface area contributed by atoms with E-state index in [1.165, 1.54) is 67.7 Å². The van der Waals surface area contributed by atoms with Gasteiger partial charge in [-0.25, -0.2) is 12.8 Å². The Hall–Kier alpha value is -4.90. The van der Waals surface area contributed by atoms with Crippen LogP contribution in [0.15, 0.2) is 108 Å². The lowest BCUT2D eigenvalue weighted by Crippen LogP contribution is -2.54. The number of ether oxygens (including phenoxy) is 2. The summed E-state index contributed by atoms with van der Waals surface area (Å²) in [7, 11) is -1.46. The molecule has 0 spiro atoms. The molecule has 4 aromatic carbocycles. The molecule has 0 fully saturated rings. The second-order valence-corrected chi connectivity index (χ2v) is 12.9. The quantitative estimate of drug-likeness (QED) is 0.178. The van der Waals surface area contributed by atoms with Crippen molar-refractivity contribution in [2.75, 3.05) is 25.1 Å². The molecular formula is C36H40FN3O6S. The number of rotatable bonds is 15. The van der Waals surface area contributed by atoms with Crippen LogP contribution in [0.5, 0.6) is 11.5 Å². The van der Waals surface area contributed by atoms with Gasteiger partial charge in [0.05, 0.1) is 24.8 Å². The third-order valence-corrected chi connectivity index (χ3v) is 9.59. The van der Waals surface area contributed by atoms with E-state index in [0.717, 1.165) is 9.87 Å². The standard InChI is InChI=1S/C36H40FN3O6S/c1-5-26(2)38-36(42)33(23-27-11-7-6-8-12-27)39(24-28-15-17-29(37)18-16-28)35(41)25-40(32-13-9-10-14-34(32)46-4)47(43,44)31-21-19-30(45-3)20-22-31/h6-22,26,33H,5,23-25H2,1-4H3,(H,38,42)/t26-,33-/m1/s1. The fourth-order valence-corrected chi connectivity index (χ4v) is 6.43. The number of carbonyl (C=O) groups excluding carboxylic acids is 2. The summed E-state index contributed by atoms with van der Waals surface area (Å²) in [5, 5.41) is 2.99. The monoisotopic (exact) mass is 661 g/mol. The SMILES string of the molecule is CC[C@@H](C)NC(=O)[C@@H](Cc1ccccc1)N(Cc1ccc(F)cc1)C(=O)CN(c1ccccc1OC)S(=O)(=O)c1ccc(OC)cc1. The number of nitrogens with one attached hydrogen (secondary N) is 1. The van der Waals surface area contributed by atoms with Crippen LogP contribution >= 0.6 is 0 Å². The Balaban J connectivity index is 1.83. The van der Waals surface area contributed by atoms with Gasteiger partial charge in [-0.2, -0.15) is 0 Å². The molecule has 0 aromatic heterocycles. The molecule has 0 aliphatic carbocycles. The van der Waals surface area contributed by atoms with Crippen LogP contribution in [0, 0.1) is 5.82 Å². The number of carbonyl (C=O) groups is 2. The van der Waals surface area contributed by atoms with Gasteiger partial charge in [0.1, 0.15) is 29.9 Å². The van der Waals surface area contributed by atoms with E-state index in [9.17, 15) is 22.4 Å². The Morgan fingerprint density at radius 2 is 1.47 bits per heavy atom. The normalized spacial score (nSPS) is 12.4. The van der Waals surface area contributed by atoms with Gasteiger partial charge in [0.25, 0.3) is 10.0 Å². The van der Waals surface area contributed by atoms with E-state index in [2.05, 4.69) is 5.32 Å². The van der Waals surface area contributed by atoms with Gasteiger partial charge in [-0.15, -0.1) is 0 Å². The fourth-order valence-electron chi connectivity index (χ4n) is 5.01. The van der Waals surface area contributed by atoms with E-state index in [1.54, 1.807) is 24.3 Å². The molecule has 0 saturated heterocycles. The Morgan fingerprint density at radius 3 is 2.09 bits per heavy atom. The number of halogens is 1. The molecule has 0 saturated carbocycles. The minimum Gasteiger partial charge on any atom is -0.497 e. The van der Waals surface area contributed by atoms with Crippen LogP contribution in [0.3, 0.4) is 0 Å². The van der Waals surface area contributed by atoms with Crippen molar-refractivity contribution in [1.82, 2.24) is 10.2 Å². The maximum atomic E-state index is 14.6. The molecule has 0 aliphatic rings. The molecule has 47 heavy (non-hydrogen) atoms. The predicted molar refractivity (Wildman–Crippen MR) is 179 cm³/mol. The summed E-state index contributed by atoms with van der Waals surface area (Å²) >= 11 is 0. The zero-order valence-electron chi connectivity index (χ0n) is 26.9. The number of hydrogen-bond donors (Lipinski definition) is 1. The average molecular weight is 662 g/mol. The molecule has 0 heterocycles. The van der Waals surface area contributed by atoms with E-state index in [-0.39, 0.29) is 41.2 Å². The summed E-state index contributed by atoms with van der Waals surface area (Å²) in [6.45, 7) is 3.08. The number of para-hydroxylation sites is 2. The molecule has 0 bridgehead atoms. The van der Waals surface area contributed by atoms with Gasteiger partial charge in [0, 0.05) is 19.0 Å². The van der Waals surface area contributed by atoms with Crippen LogP contribution in [-0.4, -0.2) is 58.0 Å². The highest BCUT2D eigenvalue weighted by atomic mass is 32.2. The summed E-state index contributed by atoms with van der Waals surface area (Å²) in [6.07, 6.45) is 0.827. The zero-order valence-corrected chi connectivity index (χ0v) is 27.7. The van der Waals surface area contributed by atoms with Gasteiger partial charge in [0.2, 0.25) is 11.8 Å². The first-order valence-electron chi connectivity index (χ1n) is 15.2. The van der Waals surface area contributed by atoms with Crippen molar-refractivity contribution in [3.05, 3.63) is 120 Å². The number of benzene rings is 4. The number of nitrogens with zero attached hydrogens (tertiary/aromatic N) is 2. The number of methoxy groups -OCH3 is 2. The van der Waals surface area contributed by atoms with Gasteiger partial charge in [0.15, 0.2) is 0 Å². The molecule has 0 aliphatic heterocycles. The first-order valence-corrected chi connectivity index (χ1v) is 16.7. The Kier molecular flexibility index (Phi) is 12.0. The Morgan fingerprint density at radius 1 is 0.830 bits per heavy atom. The molecule has 9 nitrogen and oxygen atoms in total. The van der Waals surface area contributed by atoms with Crippen molar-refractivity contribution >= 4 is 27.5 Å². The van der Waals surface area contributed by atoms with Crippen LogP contribution < -0.4 is 19.1 Å². The van der Waals surface area contributed by atoms with Crippen molar-refractivity contribution in [2.24, 2.45) is 0 Å². The molecule has 11 heteroatoms. The third kappa shape index (κ3) is 8.88. The largest absolute Gasteiger partial charge is 0.497 e. The summed E-state index contributed by atoms with van der Waals surface area (Å²) in [5.41, 5.74) is 1.52. The number of anilines is 1. The van der Waals surface area contributed by atoms with E-state index in [4.69, 9.17) is 9.47 Å². The second kappa shape index (κ2) is 16.1. The fraction of sp³-hybridized carbons (Fsp3) is 0.278. The summed E-state index contributed by atoms with van der Waals surface area (Å²) in [4.78, 5) is 29.8. The minimum absolute atomic E-state index is 0.0718. The van der Waals surface area contributed by atoms with Gasteiger partial charge >= 0.3 is 0 Å².